The molecule has 9 rings (SSSR count). The molecule has 0 bridgehead atoms. The summed E-state index contributed by atoms with van der Waals surface area (Å²) in [6, 6.07) is 42.4. The molecule has 0 aliphatic carbocycles. The summed E-state index contributed by atoms with van der Waals surface area (Å²) in [7, 11) is 1.38. The van der Waals surface area contributed by atoms with Crippen LogP contribution in [0.1, 0.15) is 61.4 Å². The zero-order chi connectivity index (χ0) is 40.9. The highest BCUT2D eigenvalue weighted by Gasteiger charge is 2.40. The second-order valence-corrected chi connectivity index (χ2v) is 15.9. The minimum Gasteiger partial charge on any atom is -0.473 e. The van der Waals surface area contributed by atoms with Crippen molar-refractivity contribution in [2.75, 3.05) is 44.9 Å². The number of nitrogens with zero attached hydrogens (tertiary/aromatic N) is 3. The van der Waals surface area contributed by atoms with E-state index < -0.39 is 17.5 Å². The quantitative estimate of drug-likeness (QED) is 0.122. The lowest BCUT2D eigenvalue weighted by molar-refractivity contribution is -0.0461. The lowest BCUT2D eigenvalue weighted by Gasteiger charge is -2.36. The predicted molar refractivity (Wildman–Crippen MR) is 229 cm³/mol. The molecule has 10 nitrogen and oxygen atoms in total. The highest BCUT2D eigenvalue weighted by Crippen LogP contribution is 2.42. The predicted octanol–water partition coefficient (Wildman–Crippen LogP) is 9.41. The molecule has 3 saturated heterocycles. The number of pyridine rings is 1. The molecule has 1 unspecified atom stereocenters. The number of methoxy groups -OCH3 is 1. The first kappa shape index (κ1) is 39.7. The van der Waals surface area contributed by atoms with E-state index in [2.05, 4.69) is 46.6 Å². The average Bonchev–Trinajstić information content (AvgIpc) is 3.91. The van der Waals surface area contributed by atoms with Crippen LogP contribution in [0.25, 0.3) is 22.3 Å². The first-order chi connectivity index (χ1) is 29.5. The number of carbonyl (C=O) groups excluding carboxylic acids is 1. The number of hydrogen-bond acceptors (Lipinski definition) is 8. The Morgan fingerprint density at radius 1 is 0.833 bits per heavy atom. The highest BCUT2D eigenvalue weighted by molar-refractivity contribution is 5.82. The summed E-state index contributed by atoms with van der Waals surface area (Å²) in [5.41, 5.74) is 5.53. The summed E-state index contributed by atoms with van der Waals surface area (Å²) in [4.78, 5) is 18.8. The van der Waals surface area contributed by atoms with Crippen LogP contribution >= 0.6 is 0 Å². The first-order valence-electron chi connectivity index (χ1n) is 21.1. The van der Waals surface area contributed by atoms with Crippen LogP contribution in [0.2, 0.25) is 0 Å². The second kappa shape index (κ2) is 17.8. The summed E-state index contributed by atoms with van der Waals surface area (Å²) in [6.45, 7) is 2.94. The van der Waals surface area contributed by atoms with E-state index in [1.165, 1.54) is 7.11 Å². The monoisotopic (exact) mass is 810 g/mol. The fraction of sp³-hybridized carbons (Fsp3) is 0.347. The van der Waals surface area contributed by atoms with Gasteiger partial charge in [-0.25, -0.2) is 14.2 Å². The van der Waals surface area contributed by atoms with Gasteiger partial charge in [0.1, 0.15) is 23.6 Å². The second-order valence-electron chi connectivity index (χ2n) is 15.9. The van der Waals surface area contributed by atoms with Gasteiger partial charge in [-0.05, 0) is 60.9 Å². The first-order valence-corrected chi connectivity index (χ1v) is 21.1. The molecule has 3 atom stereocenters. The number of piperidine rings is 1. The maximum Gasteiger partial charge on any atom is 0.407 e. The minimum absolute atomic E-state index is 0.0832. The van der Waals surface area contributed by atoms with E-state index in [1.54, 1.807) is 6.07 Å². The standard InChI is InChI=1S/C49H51FN4O6/c1-56-48(55)51-38-24-26-53(27-25-38)39-22-20-34(21-23-39)47-42(50)30-44-43(52-47)31-46(54(44)45-19-11-12-28-57-45)60-41-29-40(58-32-41)33-59-49(35-13-5-2-6-14-35,36-15-7-3-8-16-36)37-17-9-4-10-18-37/h2-10,13-18,20-23,30-31,38,40-41,45H,11-12,19,24-29,32-33H2,1H3,(H,51,55)/t40-,41-,45?/m0/s1. The van der Waals surface area contributed by atoms with Crippen molar-refractivity contribution in [2.45, 2.75) is 68.6 Å². The molecule has 0 spiro atoms. The van der Waals surface area contributed by atoms with Gasteiger partial charge in [0.2, 0.25) is 0 Å². The zero-order valence-electron chi connectivity index (χ0n) is 33.9. The molecule has 0 saturated carbocycles. The largest absolute Gasteiger partial charge is 0.473 e. The Balaban J connectivity index is 0.937. The molecule has 0 radical (unpaired) electrons. The zero-order valence-corrected chi connectivity index (χ0v) is 33.9. The molecular formula is C49H51FN4O6. The normalized spacial score (nSPS) is 20.0. The van der Waals surface area contributed by atoms with Crippen LogP contribution in [-0.2, 0) is 24.5 Å². The topological polar surface area (TPSA) is 96.3 Å². The number of anilines is 1. The van der Waals surface area contributed by atoms with E-state index in [-0.39, 0.29) is 30.2 Å². The van der Waals surface area contributed by atoms with E-state index in [1.807, 2.05) is 89.5 Å². The van der Waals surface area contributed by atoms with Gasteiger partial charge >= 0.3 is 6.09 Å². The van der Waals surface area contributed by atoms with Gasteiger partial charge in [0, 0.05) is 55.5 Å². The molecular weight excluding hydrogens is 760 g/mol. The van der Waals surface area contributed by atoms with Gasteiger partial charge in [-0.15, -0.1) is 0 Å². The van der Waals surface area contributed by atoms with Crippen LogP contribution in [-0.4, -0.2) is 73.9 Å². The average molecular weight is 811 g/mol. The molecule has 3 aliphatic rings. The third-order valence-corrected chi connectivity index (χ3v) is 12.1. The molecule has 1 N–H and O–H groups in total. The molecule has 11 heteroatoms. The van der Waals surface area contributed by atoms with Crippen molar-refractivity contribution < 1.29 is 32.9 Å². The number of rotatable bonds is 12. The molecule has 5 heterocycles. The van der Waals surface area contributed by atoms with Crippen LogP contribution in [0, 0.1) is 5.82 Å². The van der Waals surface area contributed by atoms with Crippen molar-refractivity contribution in [3.05, 3.63) is 150 Å². The van der Waals surface area contributed by atoms with Gasteiger partial charge in [0.15, 0.2) is 11.7 Å². The van der Waals surface area contributed by atoms with Gasteiger partial charge in [-0.1, -0.05) is 103 Å². The third kappa shape index (κ3) is 8.22. The van der Waals surface area contributed by atoms with E-state index in [4.69, 9.17) is 28.7 Å². The van der Waals surface area contributed by atoms with Gasteiger partial charge in [0.25, 0.3) is 0 Å². The number of aromatic nitrogens is 2. The lowest BCUT2D eigenvalue weighted by atomic mass is 9.80. The molecule has 2 aromatic heterocycles. The number of fused-ring (bicyclic) bond motifs is 1. The van der Waals surface area contributed by atoms with E-state index in [9.17, 15) is 4.79 Å². The fourth-order valence-corrected chi connectivity index (χ4v) is 8.98. The molecule has 3 fully saturated rings. The number of benzene rings is 4. The number of halogens is 1. The summed E-state index contributed by atoms with van der Waals surface area (Å²) < 4.78 is 49.4. The van der Waals surface area contributed by atoms with Gasteiger partial charge < -0.3 is 33.9 Å². The van der Waals surface area contributed by atoms with Crippen molar-refractivity contribution >= 4 is 22.8 Å². The molecule has 4 aromatic carbocycles. The van der Waals surface area contributed by atoms with Gasteiger partial charge in [0.05, 0.1) is 37.5 Å². The SMILES string of the molecule is COC(=O)NC1CCN(c2ccc(-c3nc4cc(O[C@@H]5CO[C@H](COC(c6ccccc6)(c6ccccc6)c6ccccc6)C5)n(C5CCCCO5)c4cc3F)cc2)CC1. The van der Waals surface area contributed by atoms with Crippen LogP contribution in [0.5, 0.6) is 5.88 Å². The number of carbonyl (C=O) groups is 1. The van der Waals surface area contributed by atoms with Gasteiger partial charge in [-0.2, -0.15) is 0 Å². The van der Waals surface area contributed by atoms with Crippen molar-refractivity contribution in [3.63, 3.8) is 0 Å². The number of alkyl carbamates (subject to hydrolysis) is 1. The Kier molecular flexibility index (Phi) is 11.8. The molecule has 60 heavy (non-hydrogen) atoms. The molecule has 310 valence electrons. The fourth-order valence-electron chi connectivity index (χ4n) is 8.98. The van der Waals surface area contributed by atoms with Crippen molar-refractivity contribution in [1.29, 1.82) is 0 Å². The Labute approximate surface area is 350 Å². The number of amides is 1. The Morgan fingerprint density at radius 3 is 2.08 bits per heavy atom. The summed E-state index contributed by atoms with van der Waals surface area (Å²) in [5, 5.41) is 2.90. The minimum atomic E-state index is -0.855. The maximum absolute atomic E-state index is 16.2. The molecule has 3 aliphatic heterocycles. The highest BCUT2D eigenvalue weighted by atomic mass is 19.1. The smallest absolute Gasteiger partial charge is 0.407 e. The lowest BCUT2D eigenvalue weighted by Crippen LogP contribution is -2.44. The van der Waals surface area contributed by atoms with Crippen LogP contribution in [0.15, 0.2) is 127 Å². The van der Waals surface area contributed by atoms with Crippen LogP contribution < -0.4 is 15.0 Å². The van der Waals surface area contributed by atoms with E-state index in [0.29, 0.717) is 48.7 Å². The summed E-state index contributed by atoms with van der Waals surface area (Å²) >= 11 is 0. The third-order valence-electron chi connectivity index (χ3n) is 12.1. The van der Waals surface area contributed by atoms with E-state index >= 15 is 4.39 Å². The number of hydrogen-bond donors (Lipinski definition) is 1. The summed E-state index contributed by atoms with van der Waals surface area (Å²) in [6.07, 6.45) is 3.83. The van der Waals surface area contributed by atoms with Crippen molar-refractivity contribution in [3.8, 4) is 17.1 Å². The summed E-state index contributed by atoms with van der Waals surface area (Å²) in [5.74, 6) is 0.176. The number of nitrogens with one attached hydrogen (secondary N) is 1. The molecule has 1 amide bonds. The Morgan fingerprint density at radius 2 is 1.48 bits per heavy atom. The molecule has 6 aromatic rings. The van der Waals surface area contributed by atoms with Crippen LogP contribution in [0.4, 0.5) is 14.9 Å². The van der Waals surface area contributed by atoms with Crippen molar-refractivity contribution in [1.82, 2.24) is 14.9 Å². The number of ether oxygens (including phenoxy) is 5. The maximum atomic E-state index is 16.2. The Hall–Kier alpha value is -5.75. The van der Waals surface area contributed by atoms with Crippen molar-refractivity contribution in [2.24, 2.45) is 0 Å². The van der Waals surface area contributed by atoms with E-state index in [0.717, 1.165) is 67.6 Å². The Bertz CT molecular complexity index is 2250. The van der Waals surface area contributed by atoms with Crippen LogP contribution in [0.3, 0.4) is 0 Å². The van der Waals surface area contributed by atoms with Gasteiger partial charge in [-0.3, -0.25) is 4.57 Å².